The molecule has 1 saturated heterocycles. The zero-order valence-corrected chi connectivity index (χ0v) is 20.3. The summed E-state index contributed by atoms with van der Waals surface area (Å²) in [5.74, 6) is 0.252. The van der Waals surface area contributed by atoms with Gasteiger partial charge in [0.25, 0.3) is 0 Å². The van der Waals surface area contributed by atoms with Crippen LogP contribution in [0.25, 0.3) is 0 Å². The molecule has 1 amide bonds. The number of hydrogen-bond acceptors (Lipinski definition) is 4. The lowest BCUT2D eigenvalue weighted by molar-refractivity contribution is -0.120. The first-order valence-electron chi connectivity index (χ1n) is 10.5. The topological polar surface area (TPSA) is 81.6 Å². The normalized spacial score (nSPS) is 15.8. The van der Waals surface area contributed by atoms with Crippen molar-refractivity contribution in [2.75, 3.05) is 37.6 Å². The Balaban J connectivity index is 0.00000363. The number of amides is 1. The Hall–Kier alpha value is -2.50. The molecule has 0 bridgehead atoms. The van der Waals surface area contributed by atoms with E-state index in [0.29, 0.717) is 44.5 Å². The molecule has 10 heteroatoms. The van der Waals surface area contributed by atoms with Crippen molar-refractivity contribution in [1.29, 1.82) is 0 Å². The van der Waals surface area contributed by atoms with E-state index in [9.17, 15) is 13.6 Å². The number of rotatable bonds is 8. The van der Waals surface area contributed by atoms with Gasteiger partial charge in [0.15, 0.2) is 17.6 Å². The van der Waals surface area contributed by atoms with Crippen LogP contribution in [0.1, 0.15) is 18.9 Å². The molecule has 0 spiro atoms. The first kappa shape index (κ1) is 25.8. The van der Waals surface area contributed by atoms with Crippen molar-refractivity contribution in [3.8, 4) is 0 Å². The summed E-state index contributed by atoms with van der Waals surface area (Å²) < 4.78 is 26.9. The second-order valence-corrected chi connectivity index (χ2v) is 7.30. The average Bonchev–Trinajstić information content (AvgIpc) is 3.21. The number of halogens is 3. The van der Waals surface area contributed by atoms with Gasteiger partial charge in [-0.2, -0.15) is 0 Å². The van der Waals surface area contributed by atoms with Gasteiger partial charge < -0.3 is 20.9 Å². The van der Waals surface area contributed by atoms with Crippen molar-refractivity contribution in [2.24, 2.45) is 4.99 Å². The maximum absolute atomic E-state index is 14.0. The molecular weight excluding hydrogens is 529 g/mol. The minimum atomic E-state index is -0.322. The van der Waals surface area contributed by atoms with Crippen LogP contribution in [0.2, 0.25) is 0 Å². The highest BCUT2D eigenvalue weighted by atomic mass is 127. The van der Waals surface area contributed by atoms with Gasteiger partial charge in [0.1, 0.15) is 5.82 Å². The van der Waals surface area contributed by atoms with Gasteiger partial charge in [-0.1, -0.05) is 12.1 Å². The zero-order valence-electron chi connectivity index (χ0n) is 18.0. The fraction of sp³-hybridized carbons (Fsp3) is 0.409. The number of aromatic nitrogens is 1. The molecule has 3 rings (SSSR count). The van der Waals surface area contributed by atoms with E-state index < -0.39 is 0 Å². The minimum absolute atomic E-state index is 0. The Morgan fingerprint density at radius 2 is 2.00 bits per heavy atom. The summed E-state index contributed by atoms with van der Waals surface area (Å²) in [5.41, 5.74) is 0.757. The van der Waals surface area contributed by atoms with E-state index in [2.05, 4.69) is 25.9 Å². The summed E-state index contributed by atoms with van der Waals surface area (Å²) in [5, 5.41) is 9.38. The van der Waals surface area contributed by atoms with Crippen LogP contribution in [0.3, 0.4) is 0 Å². The summed E-state index contributed by atoms with van der Waals surface area (Å²) in [6.07, 6.45) is 2.63. The second kappa shape index (κ2) is 13.1. The van der Waals surface area contributed by atoms with Crippen LogP contribution >= 0.6 is 24.0 Å². The number of benzene rings is 1. The fourth-order valence-electron chi connectivity index (χ4n) is 3.41. The van der Waals surface area contributed by atoms with Crippen LogP contribution in [-0.4, -0.2) is 55.6 Å². The molecule has 7 nitrogen and oxygen atoms in total. The lowest BCUT2D eigenvalue weighted by Gasteiger charge is -2.20. The number of anilines is 1. The monoisotopic (exact) mass is 558 g/mol. The number of guanidine groups is 1. The zero-order chi connectivity index (χ0) is 22.1. The molecule has 0 aliphatic carbocycles. The summed E-state index contributed by atoms with van der Waals surface area (Å²) in [7, 11) is 0. The van der Waals surface area contributed by atoms with Crippen LogP contribution in [0.4, 0.5) is 14.6 Å². The molecule has 0 radical (unpaired) electrons. The number of nitrogens with zero attached hydrogens (tertiary/aromatic N) is 3. The van der Waals surface area contributed by atoms with Gasteiger partial charge in [0.05, 0.1) is 13.0 Å². The number of carbonyl (C=O) groups excluding carboxylic acids is 1. The molecule has 3 N–H and O–H groups in total. The van der Waals surface area contributed by atoms with Crippen molar-refractivity contribution < 1.29 is 13.6 Å². The first-order chi connectivity index (χ1) is 15.0. The molecular formula is C22H29F2IN6O. The lowest BCUT2D eigenvalue weighted by Crippen LogP contribution is -2.45. The van der Waals surface area contributed by atoms with Crippen molar-refractivity contribution in [3.63, 3.8) is 0 Å². The van der Waals surface area contributed by atoms with Crippen molar-refractivity contribution in [1.82, 2.24) is 20.9 Å². The molecule has 1 aliphatic heterocycles. The van der Waals surface area contributed by atoms with Crippen molar-refractivity contribution in [2.45, 2.75) is 25.8 Å². The highest BCUT2D eigenvalue weighted by Gasteiger charge is 2.25. The SMILES string of the molecule is CCNC(=NCCNC(=O)Cc1ccc(F)cc1)NC1CCN(c2ncccc2F)C1.I. The molecule has 32 heavy (non-hydrogen) atoms. The molecule has 2 heterocycles. The van der Waals surface area contributed by atoms with Crippen LogP contribution < -0.4 is 20.9 Å². The van der Waals surface area contributed by atoms with Gasteiger partial charge in [-0.3, -0.25) is 9.79 Å². The van der Waals surface area contributed by atoms with Gasteiger partial charge in [0, 0.05) is 38.4 Å². The average molecular weight is 558 g/mol. The van der Waals surface area contributed by atoms with Crippen LogP contribution in [0, 0.1) is 11.6 Å². The fourth-order valence-corrected chi connectivity index (χ4v) is 3.41. The summed E-state index contributed by atoms with van der Waals surface area (Å²) in [6, 6.07) is 9.00. The van der Waals surface area contributed by atoms with Gasteiger partial charge in [-0.25, -0.2) is 13.8 Å². The largest absolute Gasteiger partial charge is 0.357 e. The van der Waals surface area contributed by atoms with Gasteiger partial charge >= 0.3 is 0 Å². The number of carbonyl (C=O) groups is 1. The van der Waals surface area contributed by atoms with Crippen LogP contribution in [0.5, 0.6) is 0 Å². The smallest absolute Gasteiger partial charge is 0.224 e. The predicted octanol–water partition coefficient (Wildman–Crippen LogP) is 2.47. The van der Waals surface area contributed by atoms with Crippen LogP contribution in [0.15, 0.2) is 47.6 Å². The highest BCUT2D eigenvalue weighted by Crippen LogP contribution is 2.20. The third-order valence-corrected chi connectivity index (χ3v) is 4.89. The van der Waals surface area contributed by atoms with Gasteiger partial charge in [-0.15, -0.1) is 24.0 Å². The van der Waals surface area contributed by atoms with Gasteiger partial charge in [-0.05, 0) is 43.2 Å². The lowest BCUT2D eigenvalue weighted by atomic mass is 10.1. The Bertz CT molecular complexity index is 896. The molecule has 0 saturated carbocycles. The Kier molecular flexibility index (Phi) is 10.6. The van der Waals surface area contributed by atoms with E-state index in [1.54, 1.807) is 24.4 Å². The number of pyridine rings is 1. The van der Waals surface area contributed by atoms with Crippen LogP contribution in [-0.2, 0) is 11.2 Å². The van der Waals surface area contributed by atoms with E-state index in [1.165, 1.54) is 18.2 Å². The van der Waals surface area contributed by atoms with E-state index in [4.69, 9.17) is 0 Å². The van der Waals surface area contributed by atoms with Crippen molar-refractivity contribution >= 4 is 41.7 Å². The van der Waals surface area contributed by atoms with Gasteiger partial charge in [0.2, 0.25) is 5.91 Å². The van der Waals surface area contributed by atoms with E-state index in [-0.39, 0.29) is 54.0 Å². The number of aliphatic imine (C=N–C) groups is 1. The first-order valence-corrected chi connectivity index (χ1v) is 10.5. The third kappa shape index (κ3) is 7.88. The molecule has 1 unspecified atom stereocenters. The molecule has 1 aliphatic rings. The Labute approximate surface area is 204 Å². The maximum Gasteiger partial charge on any atom is 0.224 e. The van der Waals surface area contributed by atoms with E-state index >= 15 is 0 Å². The predicted molar refractivity (Wildman–Crippen MR) is 132 cm³/mol. The summed E-state index contributed by atoms with van der Waals surface area (Å²) in [6.45, 7) is 4.83. The number of nitrogens with one attached hydrogen (secondary N) is 3. The quantitative estimate of drug-likeness (QED) is 0.201. The molecule has 174 valence electrons. The maximum atomic E-state index is 14.0. The van der Waals surface area contributed by atoms with E-state index in [0.717, 1.165) is 12.0 Å². The minimum Gasteiger partial charge on any atom is -0.357 e. The highest BCUT2D eigenvalue weighted by molar-refractivity contribution is 14.0. The van der Waals surface area contributed by atoms with E-state index in [1.807, 2.05) is 11.8 Å². The summed E-state index contributed by atoms with van der Waals surface area (Å²) >= 11 is 0. The third-order valence-electron chi connectivity index (χ3n) is 4.89. The standard InChI is InChI=1S/C22H28F2N6O.HI/c1-2-25-22(28-12-11-26-20(31)14-16-5-7-17(23)8-6-16)29-18-9-13-30(15-18)21-19(24)4-3-10-27-21;/h3-8,10,18H,2,9,11-15H2,1H3,(H,26,31)(H2,25,28,29);1H. The molecule has 1 atom stereocenters. The Morgan fingerprint density at radius 1 is 1.22 bits per heavy atom. The molecule has 2 aromatic rings. The second-order valence-electron chi connectivity index (χ2n) is 7.30. The molecule has 1 aromatic heterocycles. The summed E-state index contributed by atoms with van der Waals surface area (Å²) in [4.78, 5) is 22.6. The molecule has 1 fully saturated rings. The molecule has 1 aromatic carbocycles. The van der Waals surface area contributed by atoms with Crippen molar-refractivity contribution in [3.05, 3.63) is 59.8 Å². The number of hydrogen-bond donors (Lipinski definition) is 3. The Morgan fingerprint density at radius 3 is 2.72 bits per heavy atom.